The first-order valence-electron chi connectivity index (χ1n) is 8.27. The molecule has 0 spiro atoms. The average Bonchev–Trinajstić information content (AvgIpc) is 2.68. The predicted molar refractivity (Wildman–Crippen MR) is 102 cm³/mol. The van der Waals surface area contributed by atoms with Crippen molar-refractivity contribution in [1.29, 1.82) is 0 Å². The molecule has 0 N–H and O–H groups in total. The third kappa shape index (κ3) is 4.54. The van der Waals surface area contributed by atoms with Gasteiger partial charge in [0, 0.05) is 18.6 Å². The van der Waals surface area contributed by atoms with Gasteiger partial charge in [0.2, 0.25) is 0 Å². The topological polar surface area (TPSA) is 41.9 Å². The summed E-state index contributed by atoms with van der Waals surface area (Å²) in [5.74, 6) is 0.0451. The zero-order valence-corrected chi connectivity index (χ0v) is 16.2. The third-order valence-corrected chi connectivity index (χ3v) is 4.95. The number of hydrogen-bond acceptors (Lipinski definition) is 4. The minimum atomic E-state index is -4.66. The van der Waals surface area contributed by atoms with Crippen LogP contribution in [-0.4, -0.2) is 15.0 Å². The number of pyridine rings is 3. The highest BCUT2D eigenvalue weighted by Crippen LogP contribution is 2.40. The lowest BCUT2D eigenvalue weighted by Gasteiger charge is -2.31. The van der Waals surface area contributed by atoms with Gasteiger partial charge in [0.05, 0.1) is 28.9 Å². The van der Waals surface area contributed by atoms with Crippen molar-refractivity contribution >= 4 is 29.0 Å². The van der Waals surface area contributed by atoms with E-state index in [4.69, 9.17) is 23.2 Å². The molecule has 1 unspecified atom stereocenters. The van der Waals surface area contributed by atoms with Crippen LogP contribution in [-0.2, 0) is 12.7 Å². The van der Waals surface area contributed by atoms with E-state index in [1.54, 1.807) is 47.8 Å². The fraction of sp³-hybridized carbons (Fsp3) is 0.211. The van der Waals surface area contributed by atoms with Crippen molar-refractivity contribution in [3.8, 4) is 0 Å². The first-order chi connectivity index (χ1) is 13.3. The summed E-state index contributed by atoms with van der Waals surface area (Å²) < 4.78 is 40.2. The van der Waals surface area contributed by atoms with Gasteiger partial charge in [0.15, 0.2) is 5.15 Å². The number of aromatic nitrogens is 3. The molecule has 9 heteroatoms. The molecular formula is C19H15Cl2F3N4. The third-order valence-electron chi connectivity index (χ3n) is 4.20. The van der Waals surface area contributed by atoms with Crippen molar-refractivity contribution in [2.75, 3.05) is 4.90 Å². The Morgan fingerprint density at radius 3 is 2.50 bits per heavy atom. The molecule has 0 radical (unpaired) electrons. The van der Waals surface area contributed by atoms with Gasteiger partial charge in [-0.25, -0.2) is 4.98 Å². The Bertz CT molecular complexity index is 937. The maximum Gasteiger partial charge on any atom is 0.418 e. The number of alkyl halides is 3. The van der Waals surface area contributed by atoms with Crippen LogP contribution in [0.5, 0.6) is 0 Å². The zero-order valence-electron chi connectivity index (χ0n) is 14.7. The van der Waals surface area contributed by atoms with Gasteiger partial charge < -0.3 is 4.90 Å². The van der Waals surface area contributed by atoms with E-state index in [0.29, 0.717) is 5.69 Å². The van der Waals surface area contributed by atoms with Crippen molar-refractivity contribution in [1.82, 2.24) is 15.0 Å². The van der Waals surface area contributed by atoms with E-state index >= 15 is 0 Å². The maximum absolute atomic E-state index is 13.4. The Morgan fingerprint density at radius 2 is 1.89 bits per heavy atom. The summed E-state index contributed by atoms with van der Waals surface area (Å²) in [6.07, 6.45) is 0.231. The fourth-order valence-corrected chi connectivity index (χ4v) is 3.12. The van der Waals surface area contributed by atoms with Gasteiger partial charge in [-0.15, -0.1) is 0 Å². The molecule has 0 aliphatic heterocycles. The van der Waals surface area contributed by atoms with Gasteiger partial charge in [-0.2, -0.15) is 13.2 Å². The van der Waals surface area contributed by atoms with Crippen LogP contribution in [0, 0.1) is 0 Å². The number of hydrogen-bond donors (Lipinski definition) is 0. The maximum atomic E-state index is 13.4. The van der Waals surface area contributed by atoms with E-state index in [0.717, 1.165) is 11.6 Å². The van der Waals surface area contributed by atoms with Crippen LogP contribution in [0.25, 0.3) is 0 Å². The second-order valence-electron chi connectivity index (χ2n) is 6.04. The number of nitrogens with zero attached hydrogens (tertiary/aromatic N) is 4. The Labute approximate surface area is 170 Å². The fourth-order valence-electron chi connectivity index (χ4n) is 2.72. The van der Waals surface area contributed by atoms with E-state index in [1.807, 2.05) is 13.0 Å². The molecule has 0 saturated carbocycles. The van der Waals surface area contributed by atoms with Crippen LogP contribution in [0.1, 0.15) is 29.8 Å². The molecule has 0 aliphatic rings. The van der Waals surface area contributed by atoms with Gasteiger partial charge in [-0.05, 0) is 36.8 Å². The molecule has 0 amide bonds. The Hall–Kier alpha value is -2.38. The van der Waals surface area contributed by atoms with Crippen LogP contribution in [0.4, 0.5) is 19.0 Å². The Kier molecular flexibility index (Phi) is 6.05. The Morgan fingerprint density at radius 1 is 1.11 bits per heavy atom. The number of halogens is 5. The SMILES string of the molecule is CC(c1cccnc1)N(Cc1ccccn1)c1cc(C(F)(F)F)c(Cl)c(Cl)n1. The molecular weight excluding hydrogens is 412 g/mol. The molecule has 3 aromatic rings. The summed E-state index contributed by atoms with van der Waals surface area (Å²) in [7, 11) is 0. The molecule has 3 rings (SSSR count). The first-order valence-corrected chi connectivity index (χ1v) is 9.02. The summed E-state index contributed by atoms with van der Waals surface area (Å²) in [6.45, 7) is 2.07. The molecule has 0 aromatic carbocycles. The van der Waals surface area contributed by atoms with Gasteiger partial charge in [-0.1, -0.05) is 35.3 Å². The molecule has 0 fully saturated rings. The van der Waals surface area contributed by atoms with Crippen LogP contribution < -0.4 is 4.90 Å². The van der Waals surface area contributed by atoms with Crippen molar-refractivity contribution in [3.63, 3.8) is 0 Å². The first kappa shape index (κ1) is 20.4. The molecule has 3 aromatic heterocycles. The van der Waals surface area contributed by atoms with Crippen molar-refractivity contribution in [3.05, 3.63) is 82.0 Å². The van der Waals surface area contributed by atoms with E-state index in [-0.39, 0.29) is 18.4 Å². The standard InChI is InChI=1S/C19H15Cl2F3N4/c1-12(13-5-4-7-25-10-13)28(11-14-6-2-3-8-26-14)16-9-15(19(22,23)24)17(20)18(21)27-16/h2-10,12H,11H2,1H3. The lowest BCUT2D eigenvalue weighted by molar-refractivity contribution is -0.137. The summed E-state index contributed by atoms with van der Waals surface area (Å²) in [5.41, 5.74) is 0.438. The lowest BCUT2D eigenvalue weighted by Crippen LogP contribution is -2.28. The molecule has 146 valence electrons. The minimum absolute atomic E-state index is 0.0451. The largest absolute Gasteiger partial charge is 0.418 e. The van der Waals surface area contributed by atoms with Gasteiger partial charge in [0.1, 0.15) is 5.82 Å². The van der Waals surface area contributed by atoms with Gasteiger partial charge in [0.25, 0.3) is 0 Å². The average molecular weight is 427 g/mol. The molecule has 28 heavy (non-hydrogen) atoms. The Balaban J connectivity index is 2.10. The van der Waals surface area contributed by atoms with Crippen LogP contribution in [0.3, 0.4) is 0 Å². The second-order valence-corrected chi connectivity index (χ2v) is 6.78. The smallest absolute Gasteiger partial charge is 0.344 e. The predicted octanol–water partition coefficient (Wildman–Crippen LogP) is 5.97. The van der Waals surface area contributed by atoms with Crippen molar-refractivity contribution in [2.24, 2.45) is 0 Å². The molecule has 0 saturated heterocycles. The van der Waals surface area contributed by atoms with Crippen LogP contribution in [0.2, 0.25) is 10.2 Å². The summed E-state index contributed by atoms with van der Waals surface area (Å²) >= 11 is 11.7. The van der Waals surface area contributed by atoms with E-state index in [2.05, 4.69) is 15.0 Å². The van der Waals surface area contributed by atoms with E-state index in [9.17, 15) is 13.2 Å². The summed E-state index contributed by atoms with van der Waals surface area (Å²) in [4.78, 5) is 14.1. The summed E-state index contributed by atoms with van der Waals surface area (Å²) in [5, 5.41) is -1.03. The molecule has 0 aliphatic carbocycles. The highest BCUT2D eigenvalue weighted by molar-refractivity contribution is 6.41. The lowest BCUT2D eigenvalue weighted by atomic mass is 10.1. The molecule has 0 bridgehead atoms. The van der Waals surface area contributed by atoms with Crippen molar-refractivity contribution in [2.45, 2.75) is 25.7 Å². The summed E-state index contributed by atoms with van der Waals surface area (Å²) in [6, 6.07) is 9.51. The van der Waals surface area contributed by atoms with E-state index < -0.39 is 21.9 Å². The molecule has 4 nitrogen and oxygen atoms in total. The molecule has 3 heterocycles. The number of rotatable bonds is 5. The highest BCUT2D eigenvalue weighted by atomic mass is 35.5. The highest BCUT2D eigenvalue weighted by Gasteiger charge is 2.36. The minimum Gasteiger partial charge on any atom is -0.344 e. The second kappa shape index (κ2) is 8.32. The normalized spacial score (nSPS) is 12.6. The van der Waals surface area contributed by atoms with Crippen LogP contribution >= 0.6 is 23.2 Å². The monoisotopic (exact) mass is 426 g/mol. The molecule has 1 atom stereocenters. The van der Waals surface area contributed by atoms with Crippen molar-refractivity contribution < 1.29 is 13.2 Å². The zero-order chi connectivity index (χ0) is 20.3. The number of anilines is 1. The van der Waals surface area contributed by atoms with Gasteiger partial charge in [-0.3, -0.25) is 9.97 Å². The van der Waals surface area contributed by atoms with Gasteiger partial charge >= 0.3 is 6.18 Å². The van der Waals surface area contributed by atoms with Crippen LogP contribution in [0.15, 0.2) is 55.0 Å². The van der Waals surface area contributed by atoms with E-state index in [1.165, 1.54) is 0 Å². The quantitative estimate of drug-likeness (QED) is 0.471.